The van der Waals surface area contributed by atoms with Crippen molar-refractivity contribution in [1.29, 1.82) is 0 Å². The van der Waals surface area contributed by atoms with Crippen LogP contribution >= 0.6 is 0 Å². The van der Waals surface area contributed by atoms with Crippen LogP contribution in [0.1, 0.15) is 68.3 Å². The van der Waals surface area contributed by atoms with Gasteiger partial charge in [-0.2, -0.15) is 0 Å². The van der Waals surface area contributed by atoms with Crippen molar-refractivity contribution >= 4 is 17.5 Å². The highest BCUT2D eigenvalue weighted by Crippen LogP contribution is 2.28. The molecule has 1 saturated heterocycles. The maximum atomic E-state index is 13.7. The highest BCUT2D eigenvalue weighted by molar-refractivity contribution is 5.97. The Kier molecular flexibility index (Phi) is 9.86. The number of nitro groups is 1. The molecule has 1 aliphatic heterocycles. The van der Waals surface area contributed by atoms with Crippen molar-refractivity contribution in [3.8, 4) is 0 Å². The lowest BCUT2D eigenvalue weighted by Gasteiger charge is -2.44. The van der Waals surface area contributed by atoms with E-state index in [1.54, 1.807) is 17.0 Å². The topological polar surface area (TPSA) is 122 Å². The van der Waals surface area contributed by atoms with Gasteiger partial charge in [-0.05, 0) is 74.3 Å². The van der Waals surface area contributed by atoms with Crippen LogP contribution in [-0.4, -0.2) is 63.8 Å². The average molecular weight is 554 g/mol. The van der Waals surface area contributed by atoms with Crippen LogP contribution in [0.2, 0.25) is 0 Å². The number of nitrogens with zero attached hydrogens (tertiary/aromatic N) is 3. The molecule has 2 fully saturated rings. The van der Waals surface area contributed by atoms with E-state index in [0.717, 1.165) is 37.8 Å². The van der Waals surface area contributed by atoms with E-state index in [2.05, 4.69) is 24.1 Å². The fourth-order valence-corrected chi connectivity index (χ4v) is 5.86. The molecule has 4 rings (SSSR count). The second-order valence-electron chi connectivity index (χ2n) is 11.6. The number of non-ortho nitro benzene ring substituents is 1. The third-order valence-corrected chi connectivity index (χ3v) is 8.00. The number of rotatable bonds is 9. The van der Waals surface area contributed by atoms with Gasteiger partial charge in [0.15, 0.2) is 0 Å². The van der Waals surface area contributed by atoms with Gasteiger partial charge in [0.2, 0.25) is 5.91 Å². The van der Waals surface area contributed by atoms with Crippen LogP contribution < -0.4 is 11.1 Å². The summed E-state index contributed by atoms with van der Waals surface area (Å²) in [5.41, 5.74) is 7.41. The van der Waals surface area contributed by atoms with Crippen molar-refractivity contribution in [2.75, 3.05) is 13.1 Å². The Morgan fingerprint density at radius 2 is 1.73 bits per heavy atom. The fourth-order valence-electron chi connectivity index (χ4n) is 5.86. The van der Waals surface area contributed by atoms with Crippen molar-refractivity contribution < 1.29 is 18.9 Å². The van der Waals surface area contributed by atoms with Crippen LogP contribution in [0.4, 0.5) is 10.1 Å². The summed E-state index contributed by atoms with van der Waals surface area (Å²) in [5.74, 6) is -0.512. The molecule has 216 valence electrons. The Bertz CT molecular complexity index is 1170. The van der Waals surface area contributed by atoms with Crippen molar-refractivity contribution in [3.63, 3.8) is 0 Å². The molecule has 0 spiro atoms. The largest absolute Gasteiger partial charge is 0.352 e. The van der Waals surface area contributed by atoms with Crippen molar-refractivity contribution in [1.82, 2.24) is 15.1 Å². The van der Waals surface area contributed by atoms with Crippen LogP contribution in [0.5, 0.6) is 0 Å². The normalized spacial score (nSPS) is 23.3. The number of benzene rings is 2. The number of carbonyl (C=O) groups is 2. The Hall–Kier alpha value is -3.37. The molecule has 40 heavy (non-hydrogen) atoms. The minimum absolute atomic E-state index is 0.0299. The third-order valence-electron chi connectivity index (χ3n) is 8.00. The molecule has 0 aromatic heterocycles. The van der Waals surface area contributed by atoms with Gasteiger partial charge in [-0.15, -0.1) is 0 Å². The molecule has 0 bridgehead atoms. The van der Waals surface area contributed by atoms with Gasteiger partial charge in [0.1, 0.15) is 11.9 Å². The van der Waals surface area contributed by atoms with Crippen molar-refractivity contribution in [2.45, 2.75) is 83.1 Å². The smallest absolute Gasteiger partial charge is 0.269 e. The van der Waals surface area contributed by atoms with Gasteiger partial charge >= 0.3 is 0 Å². The Morgan fingerprint density at radius 3 is 2.33 bits per heavy atom. The first-order chi connectivity index (χ1) is 19.1. The molecule has 2 amide bonds. The molecule has 10 heteroatoms. The molecule has 3 N–H and O–H groups in total. The summed E-state index contributed by atoms with van der Waals surface area (Å²) in [4.78, 5) is 41.9. The molecule has 1 aliphatic carbocycles. The minimum Gasteiger partial charge on any atom is -0.352 e. The van der Waals surface area contributed by atoms with E-state index in [4.69, 9.17) is 5.73 Å². The van der Waals surface area contributed by atoms with Gasteiger partial charge in [0.05, 0.1) is 4.92 Å². The first kappa shape index (κ1) is 29.6. The van der Waals surface area contributed by atoms with Gasteiger partial charge in [-0.3, -0.25) is 24.6 Å². The molecule has 2 aliphatic rings. The molecule has 1 saturated carbocycles. The van der Waals surface area contributed by atoms with E-state index in [-0.39, 0.29) is 35.6 Å². The summed E-state index contributed by atoms with van der Waals surface area (Å²) >= 11 is 0. The number of piperidine rings is 1. The van der Waals surface area contributed by atoms with E-state index >= 15 is 0 Å². The molecular weight excluding hydrogens is 513 g/mol. The summed E-state index contributed by atoms with van der Waals surface area (Å²) in [6.45, 7) is 6.02. The molecule has 1 unspecified atom stereocenters. The molecule has 1 heterocycles. The zero-order valence-electron chi connectivity index (χ0n) is 23.3. The predicted molar refractivity (Wildman–Crippen MR) is 151 cm³/mol. The van der Waals surface area contributed by atoms with Crippen LogP contribution in [0, 0.1) is 21.8 Å². The number of nitro benzene ring substituents is 1. The van der Waals surface area contributed by atoms with Gasteiger partial charge in [0.25, 0.3) is 11.6 Å². The lowest BCUT2D eigenvalue weighted by molar-refractivity contribution is -0.384. The number of carbonyl (C=O) groups excluding carboxylic acids is 2. The monoisotopic (exact) mass is 553 g/mol. The molecule has 2 atom stereocenters. The van der Waals surface area contributed by atoms with E-state index in [1.807, 2.05) is 0 Å². The summed E-state index contributed by atoms with van der Waals surface area (Å²) in [6.07, 6.45) is 4.48. The average Bonchev–Trinajstić information content (AvgIpc) is 2.93. The van der Waals surface area contributed by atoms with Gasteiger partial charge in [-0.25, -0.2) is 4.39 Å². The van der Waals surface area contributed by atoms with Gasteiger partial charge in [0, 0.05) is 55.5 Å². The summed E-state index contributed by atoms with van der Waals surface area (Å²) < 4.78 is 13.5. The Labute approximate surface area is 235 Å². The minimum atomic E-state index is -0.668. The van der Waals surface area contributed by atoms with E-state index in [0.29, 0.717) is 37.4 Å². The second kappa shape index (κ2) is 13.3. The van der Waals surface area contributed by atoms with Gasteiger partial charge in [-0.1, -0.05) is 26.0 Å². The molecule has 2 aromatic rings. The second-order valence-corrected chi connectivity index (χ2v) is 11.6. The van der Waals surface area contributed by atoms with E-state index in [9.17, 15) is 24.1 Å². The van der Waals surface area contributed by atoms with Crippen LogP contribution in [0.3, 0.4) is 0 Å². The van der Waals surface area contributed by atoms with Gasteiger partial charge < -0.3 is 16.0 Å². The molecule has 0 radical (unpaired) electrons. The molecule has 2 aromatic carbocycles. The number of amides is 2. The van der Waals surface area contributed by atoms with Crippen LogP contribution in [-0.2, 0) is 11.3 Å². The lowest BCUT2D eigenvalue weighted by Crippen LogP contribution is -2.58. The third kappa shape index (κ3) is 7.63. The zero-order chi connectivity index (χ0) is 28.8. The number of nitrogens with two attached hydrogens (primary N) is 1. The van der Waals surface area contributed by atoms with E-state index in [1.165, 1.54) is 36.4 Å². The lowest BCUT2D eigenvalue weighted by atomic mass is 9.90. The Morgan fingerprint density at radius 1 is 1.07 bits per heavy atom. The SMILES string of the molecule is CC(C)CN(Cc1ccc([N+](=O)[O-])cc1)C1CCN(C(=O)c2ccc(F)cc2)[C@@H](C(=O)NC2CCC(N)CC2)C1. The van der Waals surface area contributed by atoms with Crippen LogP contribution in [0.15, 0.2) is 48.5 Å². The van der Waals surface area contributed by atoms with Crippen molar-refractivity contribution in [3.05, 3.63) is 75.6 Å². The number of hydrogen-bond donors (Lipinski definition) is 2. The van der Waals surface area contributed by atoms with E-state index < -0.39 is 16.8 Å². The first-order valence-corrected chi connectivity index (χ1v) is 14.2. The maximum Gasteiger partial charge on any atom is 0.269 e. The summed E-state index contributed by atoms with van der Waals surface area (Å²) in [6, 6.07) is 11.6. The Balaban J connectivity index is 1.55. The number of nitrogens with one attached hydrogen (secondary N) is 1. The quantitative estimate of drug-likeness (QED) is 0.354. The first-order valence-electron chi connectivity index (χ1n) is 14.2. The van der Waals surface area contributed by atoms with Crippen molar-refractivity contribution in [2.24, 2.45) is 11.7 Å². The fraction of sp³-hybridized carbons (Fsp3) is 0.533. The standard InChI is InChI=1S/C30H40FN5O4/c1-20(2)18-34(19-21-3-13-26(14-4-21)36(39)40)27-15-16-35(30(38)22-5-7-23(31)8-6-22)28(17-27)29(37)33-25-11-9-24(32)10-12-25/h3-8,13-14,20,24-25,27-28H,9-12,15-19,32H2,1-2H3,(H,33,37)/t24?,25?,27?,28-/m1/s1. The number of hydrogen-bond acceptors (Lipinski definition) is 6. The van der Waals surface area contributed by atoms with Crippen LogP contribution in [0.25, 0.3) is 0 Å². The summed E-state index contributed by atoms with van der Waals surface area (Å²) in [7, 11) is 0. The number of halogens is 1. The zero-order valence-corrected chi connectivity index (χ0v) is 23.3. The highest BCUT2D eigenvalue weighted by atomic mass is 19.1. The molecule has 9 nitrogen and oxygen atoms in total. The number of likely N-dealkylation sites (tertiary alicyclic amines) is 1. The highest BCUT2D eigenvalue weighted by Gasteiger charge is 2.39. The predicted octanol–water partition coefficient (Wildman–Crippen LogP) is 4.25. The maximum absolute atomic E-state index is 13.7. The molecular formula is C30H40FN5O4. The summed E-state index contributed by atoms with van der Waals surface area (Å²) in [5, 5.41) is 14.3.